The van der Waals surface area contributed by atoms with Crippen molar-refractivity contribution in [3.8, 4) is 0 Å². The minimum atomic E-state index is -0.891. The number of aliphatic hydroxyl groups is 2. The van der Waals surface area contributed by atoms with Crippen LogP contribution < -0.4 is 0 Å². The van der Waals surface area contributed by atoms with E-state index in [1.807, 2.05) is 0 Å². The van der Waals surface area contributed by atoms with Gasteiger partial charge in [0.15, 0.2) is 0 Å². The van der Waals surface area contributed by atoms with E-state index in [1.54, 1.807) is 42.5 Å². The van der Waals surface area contributed by atoms with Crippen molar-refractivity contribution in [2.45, 2.75) is 6.04 Å². The number of ether oxygens (including phenoxy) is 1. The molecule has 0 unspecified atom stereocenters. The number of hydrogen-bond donors (Lipinski definition) is 2. The molecule has 1 fully saturated rings. The fourth-order valence-electron chi connectivity index (χ4n) is 3.24. The molecule has 0 radical (unpaired) electrons. The Balaban J connectivity index is 2.10. The number of nitrogens with zero attached hydrogens (tertiary/aromatic N) is 1. The number of amides is 1. The SMILES string of the molecule is O=C1C(=O)N(CCOCCO)[C@@H](c2ccc(Cl)cc2Cl)C1=C(O)c1ccccc1. The van der Waals surface area contributed by atoms with Crippen LogP contribution in [0.4, 0.5) is 0 Å². The Morgan fingerprint density at radius 3 is 2.45 bits per heavy atom. The smallest absolute Gasteiger partial charge is 0.295 e. The van der Waals surface area contributed by atoms with Crippen molar-refractivity contribution in [1.29, 1.82) is 0 Å². The van der Waals surface area contributed by atoms with Gasteiger partial charge < -0.3 is 19.8 Å². The zero-order chi connectivity index (χ0) is 21.0. The van der Waals surface area contributed by atoms with Crippen molar-refractivity contribution in [2.75, 3.05) is 26.4 Å². The van der Waals surface area contributed by atoms with Crippen molar-refractivity contribution in [1.82, 2.24) is 4.90 Å². The summed E-state index contributed by atoms with van der Waals surface area (Å²) in [5, 5.41) is 20.4. The number of likely N-dealkylation sites (tertiary alicyclic amines) is 1. The van der Waals surface area contributed by atoms with Crippen molar-refractivity contribution < 1.29 is 24.5 Å². The molecule has 2 aromatic rings. The van der Waals surface area contributed by atoms with Gasteiger partial charge in [-0.25, -0.2) is 0 Å². The molecule has 1 saturated heterocycles. The van der Waals surface area contributed by atoms with Crippen LogP contribution in [0.2, 0.25) is 10.0 Å². The Labute approximate surface area is 177 Å². The van der Waals surface area contributed by atoms with Gasteiger partial charge in [0.2, 0.25) is 0 Å². The molecule has 1 aliphatic heterocycles. The van der Waals surface area contributed by atoms with Gasteiger partial charge >= 0.3 is 0 Å². The first kappa shape index (κ1) is 21.3. The standard InChI is InChI=1S/C21H19Cl2NO5/c22-14-6-7-15(16(23)12-14)18-17(19(26)13-4-2-1-3-5-13)20(27)21(28)24(18)8-10-29-11-9-25/h1-7,12,18,25-26H,8-11H2/t18-/m0/s1. The minimum Gasteiger partial charge on any atom is -0.507 e. The zero-order valence-electron chi connectivity index (χ0n) is 15.3. The van der Waals surface area contributed by atoms with Crippen LogP contribution in [0.15, 0.2) is 54.1 Å². The minimum absolute atomic E-state index is 0.0485. The zero-order valence-corrected chi connectivity index (χ0v) is 16.9. The third kappa shape index (κ3) is 4.46. The summed E-state index contributed by atoms with van der Waals surface area (Å²) in [7, 11) is 0. The van der Waals surface area contributed by atoms with Gasteiger partial charge in [0, 0.05) is 22.2 Å². The highest BCUT2D eigenvalue weighted by atomic mass is 35.5. The molecular formula is C21H19Cl2NO5. The molecule has 152 valence electrons. The number of ketones is 1. The lowest BCUT2D eigenvalue weighted by atomic mass is 9.95. The van der Waals surface area contributed by atoms with E-state index in [9.17, 15) is 14.7 Å². The van der Waals surface area contributed by atoms with E-state index in [0.717, 1.165) is 0 Å². The van der Waals surface area contributed by atoms with Gasteiger partial charge in [0.1, 0.15) is 5.76 Å². The predicted molar refractivity (Wildman–Crippen MR) is 110 cm³/mol. The van der Waals surface area contributed by atoms with E-state index in [-0.39, 0.29) is 42.7 Å². The Morgan fingerprint density at radius 2 is 1.79 bits per heavy atom. The van der Waals surface area contributed by atoms with E-state index < -0.39 is 17.7 Å². The van der Waals surface area contributed by atoms with Gasteiger partial charge in [0.05, 0.1) is 31.4 Å². The van der Waals surface area contributed by atoms with E-state index >= 15 is 0 Å². The Bertz CT molecular complexity index is 945. The Hall–Kier alpha value is -2.38. The molecule has 6 nitrogen and oxygen atoms in total. The molecule has 0 spiro atoms. The van der Waals surface area contributed by atoms with E-state index in [4.69, 9.17) is 33.0 Å². The molecule has 1 heterocycles. The van der Waals surface area contributed by atoms with E-state index in [2.05, 4.69) is 0 Å². The summed E-state index contributed by atoms with van der Waals surface area (Å²) in [5.41, 5.74) is 0.833. The molecule has 0 bridgehead atoms. The van der Waals surface area contributed by atoms with Gasteiger partial charge in [-0.15, -0.1) is 0 Å². The van der Waals surface area contributed by atoms with Crippen LogP contribution in [0, 0.1) is 0 Å². The highest BCUT2D eigenvalue weighted by Crippen LogP contribution is 2.42. The summed E-state index contributed by atoms with van der Waals surface area (Å²) >= 11 is 12.4. The third-order valence-corrected chi connectivity index (χ3v) is 5.12. The second-order valence-corrected chi connectivity index (χ2v) is 7.20. The first-order chi connectivity index (χ1) is 14.0. The monoisotopic (exact) mass is 435 g/mol. The largest absolute Gasteiger partial charge is 0.507 e. The number of benzene rings is 2. The van der Waals surface area contributed by atoms with Crippen LogP contribution in [-0.2, 0) is 14.3 Å². The highest BCUT2D eigenvalue weighted by Gasteiger charge is 2.46. The van der Waals surface area contributed by atoms with Gasteiger partial charge in [0.25, 0.3) is 11.7 Å². The molecule has 2 aromatic carbocycles. The van der Waals surface area contributed by atoms with Gasteiger partial charge in [-0.1, -0.05) is 59.6 Å². The summed E-state index contributed by atoms with van der Waals surface area (Å²) in [5.74, 6) is -1.84. The lowest BCUT2D eigenvalue weighted by Crippen LogP contribution is -2.33. The lowest BCUT2D eigenvalue weighted by molar-refractivity contribution is -0.140. The first-order valence-corrected chi connectivity index (χ1v) is 9.68. The Kier molecular flexibility index (Phi) is 6.92. The maximum absolute atomic E-state index is 12.8. The molecule has 0 saturated carbocycles. The van der Waals surface area contributed by atoms with Gasteiger partial charge in [-0.05, 0) is 17.7 Å². The molecule has 0 aliphatic carbocycles. The van der Waals surface area contributed by atoms with Crippen LogP contribution in [0.3, 0.4) is 0 Å². The number of rotatable bonds is 7. The molecule has 3 rings (SSSR count). The second kappa shape index (κ2) is 9.41. The maximum Gasteiger partial charge on any atom is 0.295 e. The number of carbonyl (C=O) groups excluding carboxylic acids is 2. The van der Waals surface area contributed by atoms with E-state index in [0.29, 0.717) is 16.1 Å². The predicted octanol–water partition coefficient (Wildman–Crippen LogP) is 3.42. The van der Waals surface area contributed by atoms with Crippen molar-refractivity contribution in [3.05, 3.63) is 75.3 Å². The number of carbonyl (C=O) groups is 2. The van der Waals surface area contributed by atoms with Crippen molar-refractivity contribution in [3.63, 3.8) is 0 Å². The van der Waals surface area contributed by atoms with Crippen LogP contribution in [0.5, 0.6) is 0 Å². The number of aliphatic hydroxyl groups excluding tert-OH is 2. The average molecular weight is 436 g/mol. The molecule has 2 N–H and O–H groups in total. The van der Waals surface area contributed by atoms with Gasteiger partial charge in [-0.2, -0.15) is 0 Å². The Morgan fingerprint density at radius 1 is 1.07 bits per heavy atom. The summed E-state index contributed by atoms with van der Waals surface area (Å²) in [6.45, 7) is 0.153. The normalized spacial score (nSPS) is 18.4. The molecule has 0 aromatic heterocycles. The molecule has 1 amide bonds. The summed E-state index contributed by atoms with van der Waals surface area (Å²) in [4.78, 5) is 26.9. The molecule has 1 aliphatic rings. The quantitative estimate of drug-likeness (QED) is 0.301. The lowest BCUT2D eigenvalue weighted by Gasteiger charge is -2.26. The van der Waals surface area contributed by atoms with E-state index in [1.165, 1.54) is 11.0 Å². The van der Waals surface area contributed by atoms with Crippen LogP contribution in [0.1, 0.15) is 17.2 Å². The van der Waals surface area contributed by atoms with Crippen molar-refractivity contribution in [2.24, 2.45) is 0 Å². The number of Topliss-reactive ketones (excluding diaryl/α,β-unsaturated/α-hetero) is 1. The first-order valence-electron chi connectivity index (χ1n) is 8.93. The fourth-order valence-corrected chi connectivity index (χ4v) is 3.75. The summed E-state index contributed by atoms with van der Waals surface area (Å²) in [6.07, 6.45) is 0. The van der Waals surface area contributed by atoms with Crippen molar-refractivity contribution >= 4 is 40.7 Å². The average Bonchev–Trinajstić information content (AvgIpc) is 2.96. The fraction of sp³-hybridized carbons (Fsp3) is 0.238. The van der Waals surface area contributed by atoms with Crippen LogP contribution in [0.25, 0.3) is 5.76 Å². The topological polar surface area (TPSA) is 87.1 Å². The molecule has 29 heavy (non-hydrogen) atoms. The molecule has 8 heteroatoms. The van der Waals surface area contributed by atoms with Crippen LogP contribution in [-0.4, -0.2) is 53.2 Å². The maximum atomic E-state index is 12.8. The van der Waals surface area contributed by atoms with Crippen LogP contribution >= 0.6 is 23.2 Å². The summed E-state index contributed by atoms with van der Waals surface area (Å²) < 4.78 is 5.25. The summed E-state index contributed by atoms with van der Waals surface area (Å²) in [6, 6.07) is 12.4. The highest BCUT2D eigenvalue weighted by molar-refractivity contribution is 6.47. The number of hydrogen-bond acceptors (Lipinski definition) is 5. The number of halogens is 2. The van der Waals surface area contributed by atoms with Gasteiger partial charge in [-0.3, -0.25) is 9.59 Å². The second-order valence-electron chi connectivity index (χ2n) is 6.36. The molecule has 1 atom stereocenters. The molecular weight excluding hydrogens is 417 g/mol. The third-order valence-electron chi connectivity index (χ3n) is 4.56.